The predicted molar refractivity (Wildman–Crippen MR) is 277 cm³/mol. The van der Waals surface area contributed by atoms with Gasteiger partial charge in [0.05, 0.1) is 16.8 Å². The van der Waals surface area contributed by atoms with Crippen LogP contribution in [0.4, 0.5) is 0 Å². The first-order valence-corrected chi connectivity index (χ1v) is 23.0. The van der Waals surface area contributed by atoms with E-state index in [-0.39, 0.29) is 0 Å². The second-order valence-electron chi connectivity index (χ2n) is 17.3. The summed E-state index contributed by atoms with van der Waals surface area (Å²) in [4.78, 5) is 10.2. The SMILES string of the molecule is c1ccc(-c2ccc(-c3cc4c(cc3-c3ccc(-c5ccc(-c6nc(-c7ccccc7)cc(-c7ccccc7)n6)cc5)cc3)C(c3ccccc3)(c3ccccc3)c3ccccc3-4)cc2)cc1. The van der Waals surface area contributed by atoms with Gasteiger partial charge in [-0.1, -0.05) is 249 Å². The van der Waals surface area contributed by atoms with Crippen LogP contribution in [-0.4, -0.2) is 9.97 Å². The minimum atomic E-state index is -0.507. The van der Waals surface area contributed by atoms with Crippen LogP contribution in [0.25, 0.3) is 89.5 Å². The summed E-state index contributed by atoms with van der Waals surface area (Å²) in [6, 6.07) is 96.3. The summed E-state index contributed by atoms with van der Waals surface area (Å²) in [5, 5.41) is 0. The maximum absolute atomic E-state index is 5.08. The molecule has 0 radical (unpaired) electrons. The van der Waals surface area contributed by atoms with Gasteiger partial charge in [0, 0.05) is 16.7 Å². The van der Waals surface area contributed by atoms with Gasteiger partial charge in [-0.15, -0.1) is 0 Å². The van der Waals surface area contributed by atoms with Gasteiger partial charge >= 0.3 is 0 Å². The summed E-state index contributed by atoms with van der Waals surface area (Å²) in [6.07, 6.45) is 0. The third-order valence-electron chi connectivity index (χ3n) is 13.4. The molecular weight excluding hydrogens is 809 g/mol. The first-order chi connectivity index (χ1) is 33.2. The lowest BCUT2D eigenvalue weighted by Gasteiger charge is -2.34. The molecule has 0 unspecified atom stereocenters. The molecule has 0 saturated carbocycles. The Morgan fingerprint density at radius 3 is 1.06 bits per heavy atom. The number of aromatic nitrogens is 2. The normalized spacial score (nSPS) is 12.3. The van der Waals surface area contributed by atoms with E-state index in [4.69, 9.17) is 9.97 Å². The van der Waals surface area contributed by atoms with E-state index in [1.54, 1.807) is 0 Å². The van der Waals surface area contributed by atoms with Crippen molar-refractivity contribution in [2.24, 2.45) is 0 Å². The Kier molecular flexibility index (Phi) is 10.1. The molecule has 1 heterocycles. The molecule has 1 aliphatic rings. The second kappa shape index (κ2) is 17.0. The average molecular weight is 853 g/mol. The number of fused-ring (bicyclic) bond motifs is 3. The fourth-order valence-electron chi connectivity index (χ4n) is 10.2. The van der Waals surface area contributed by atoms with Gasteiger partial charge in [0.2, 0.25) is 0 Å². The van der Waals surface area contributed by atoms with E-state index in [9.17, 15) is 0 Å². The molecule has 2 nitrogen and oxygen atoms in total. The van der Waals surface area contributed by atoms with Crippen LogP contribution in [0.15, 0.2) is 267 Å². The highest BCUT2D eigenvalue weighted by Gasteiger charge is 2.46. The highest BCUT2D eigenvalue weighted by Crippen LogP contribution is 2.58. The van der Waals surface area contributed by atoms with E-state index in [2.05, 4.69) is 255 Å². The fourth-order valence-corrected chi connectivity index (χ4v) is 10.2. The van der Waals surface area contributed by atoms with E-state index in [1.807, 2.05) is 12.1 Å². The first kappa shape index (κ1) is 39.8. The Morgan fingerprint density at radius 1 is 0.224 bits per heavy atom. The number of nitrogens with zero attached hydrogens (tertiary/aromatic N) is 2. The number of hydrogen-bond donors (Lipinski definition) is 0. The molecule has 0 fully saturated rings. The molecule has 0 saturated heterocycles. The lowest BCUT2D eigenvalue weighted by molar-refractivity contribution is 0.769. The van der Waals surface area contributed by atoms with Gasteiger partial charge in [0.15, 0.2) is 5.82 Å². The maximum Gasteiger partial charge on any atom is 0.160 e. The van der Waals surface area contributed by atoms with Gasteiger partial charge < -0.3 is 0 Å². The van der Waals surface area contributed by atoms with Crippen LogP contribution in [0.2, 0.25) is 0 Å². The van der Waals surface area contributed by atoms with Crippen LogP contribution in [0.5, 0.6) is 0 Å². The van der Waals surface area contributed by atoms with Crippen molar-refractivity contribution in [1.82, 2.24) is 9.97 Å². The largest absolute Gasteiger partial charge is 0.228 e. The molecule has 1 aromatic heterocycles. The predicted octanol–water partition coefficient (Wildman–Crippen LogP) is 16.5. The van der Waals surface area contributed by atoms with Crippen molar-refractivity contribution < 1.29 is 0 Å². The van der Waals surface area contributed by atoms with Crippen LogP contribution in [0.1, 0.15) is 22.3 Å². The lowest BCUT2D eigenvalue weighted by Crippen LogP contribution is -2.28. The number of rotatable bonds is 9. The maximum atomic E-state index is 5.08. The molecule has 67 heavy (non-hydrogen) atoms. The van der Waals surface area contributed by atoms with E-state index < -0.39 is 5.41 Å². The zero-order valence-corrected chi connectivity index (χ0v) is 36.8. The monoisotopic (exact) mass is 852 g/mol. The zero-order chi connectivity index (χ0) is 44.6. The molecule has 0 aliphatic heterocycles. The minimum Gasteiger partial charge on any atom is -0.228 e. The van der Waals surface area contributed by atoms with Crippen molar-refractivity contribution in [2.75, 3.05) is 0 Å². The summed E-state index contributed by atoms with van der Waals surface area (Å²) in [5.41, 5.74) is 21.4. The molecule has 12 rings (SSSR count). The summed E-state index contributed by atoms with van der Waals surface area (Å²) >= 11 is 0. The van der Waals surface area contributed by atoms with E-state index in [0.717, 1.165) is 44.8 Å². The van der Waals surface area contributed by atoms with Crippen LogP contribution in [-0.2, 0) is 5.41 Å². The third-order valence-corrected chi connectivity index (χ3v) is 13.4. The number of hydrogen-bond acceptors (Lipinski definition) is 2. The van der Waals surface area contributed by atoms with E-state index in [1.165, 1.54) is 61.2 Å². The minimum absolute atomic E-state index is 0.507. The van der Waals surface area contributed by atoms with Crippen molar-refractivity contribution in [3.63, 3.8) is 0 Å². The van der Waals surface area contributed by atoms with Crippen molar-refractivity contribution in [1.29, 1.82) is 0 Å². The Balaban J connectivity index is 0.973. The summed E-state index contributed by atoms with van der Waals surface area (Å²) in [6.45, 7) is 0. The lowest BCUT2D eigenvalue weighted by atomic mass is 9.67. The Morgan fingerprint density at radius 2 is 0.582 bits per heavy atom. The van der Waals surface area contributed by atoms with Crippen molar-refractivity contribution in [3.05, 3.63) is 289 Å². The van der Waals surface area contributed by atoms with Gasteiger partial charge in [-0.3, -0.25) is 0 Å². The molecule has 0 spiro atoms. The molecular formula is C65H44N2. The van der Waals surface area contributed by atoms with E-state index in [0.29, 0.717) is 5.82 Å². The Hall–Kier alpha value is -8.72. The van der Waals surface area contributed by atoms with Gasteiger partial charge in [0.25, 0.3) is 0 Å². The fraction of sp³-hybridized carbons (Fsp3) is 0.0154. The molecule has 0 atom stereocenters. The van der Waals surface area contributed by atoms with Crippen LogP contribution in [0, 0.1) is 0 Å². The van der Waals surface area contributed by atoms with Gasteiger partial charge in [-0.2, -0.15) is 0 Å². The molecule has 0 amide bonds. The second-order valence-corrected chi connectivity index (χ2v) is 17.3. The van der Waals surface area contributed by atoms with E-state index >= 15 is 0 Å². The van der Waals surface area contributed by atoms with Crippen molar-refractivity contribution in [2.45, 2.75) is 5.41 Å². The standard InChI is InChI=1S/C65H44N2/c1-6-18-45(19-7-1)46-30-36-49(37-31-46)57-42-59-56-28-16-17-29-60(56)65(54-24-12-4-13-25-54,55-26-14-5-15-27-55)61(59)43-58(57)50-38-32-47(33-39-50)48-34-40-53(41-35-48)64-66-62(51-20-8-2-9-21-51)44-63(67-64)52-22-10-3-11-23-52/h1-44H. The molecule has 10 aromatic carbocycles. The van der Waals surface area contributed by atoms with Crippen LogP contribution in [0.3, 0.4) is 0 Å². The summed E-state index contributed by atoms with van der Waals surface area (Å²) in [7, 11) is 0. The average Bonchev–Trinajstić information content (AvgIpc) is 3.72. The van der Waals surface area contributed by atoms with Gasteiger partial charge in [-0.05, 0) is 96.1 Å². The molecule has 2 heteroatoms. The molecule has 0 bridgehead atoms. The molecule has 0 N–H and O–H groups in total. The van der Waals surface area contributed by atoms with Crippen molar-refractivity contribution in [3.8, 4) is 89.5 Å². The van der Waals surface area contributed by atoms with Gasteiger partial charge in [0.1, 0.15) is 0 Å². The van der Waals surface area contributed by atoms with Crippen LogP contribution >= 0.6 is 0 Å². The quantitative estimate of drug-likeness (QED) is 0.145. The first-order valence-electron chi connectivity index (χ1n) is 23.0. The number of benzene rings is 10. The third kappa shape index (κ3) is 7.17. The highest BCUT2D eigenvalue weighted by molar-refractivity contribution is 5.95. The molecule has 11 aromatic rings. The summed E-state index contributed by atoms with van der Waals surface area (Å²) in [5.74, 6) is 0.701. The van der Waals surface area contributed by atoms with Crippen LogP contribution < -0.4 is 0 Å². The van der Waals surface area contributed by atoms with Gasteiger partial charge in [-0.25, -0.2) is 9.97 Å². The summed E-state index contributed by atoms with van der Waals surface area (Å²) < 4.78 is 0. The topological polar surface area (TPSA) is 25.8 Å². The molecule has 1 aliphatic carbocycles. The Bertz CT molecular complexity index is 3400. The Labute approximate surface area is 392 Å². The zero-order valence-electron chi connectivity index (χ0n) is 36.8. The smallest absolute Gasteiger partial charge is 0.160 e. The molecule has 314 valence electrons. The van der Waals surface area contributed by atoms with Crippen molar-refractivity contribution >= 4 is 0 Å². The highest BCUT2D eigenvalue weighted by atomic mass is 14.9.